The molecule has 244 valence electrons. The smallest absolute Gasteiger partial charge is 0.302 e. The summed E-state index contributed by atoms with van der Waals surface area (Å²) < 4.78 is 22.3. The molecule has 0 spiro atoms. The number of hydrogen-bond acceptors (Lipinski definition) is 3. The molecular formula is C36H71O4P. The Labute approximate surface area is 257 Å². The first-order valence-electron chi connectivity index (χ1n) is 18.0. The van der Waals surface area contributed by atoms with E-state index < -0.39 is 7.82 Å². The van der Waals surface area contributed by atoms with Crippen molar-refractivity contribution in [1.82, 2.24) is 0 Å². The van der Waals surface area contributed by atoms with Gasteiger partial charge in [-0.25, -0.2) is 4.57 Å². The second-order valence-electron chi connectivity index (χ2n) is 12.0. The molecule has 5 heteroatoms. The minimum absolute atomic E-state index is 0.308. The van der Waals surface area contributed by atoms with Crippen molar-refractivity contribution < 1.29 is 18.5 Å². The van der Waals surface area contributed by atoms with Crippen molar-refractivity contribution in [2.75, 3.05) is 13.2 Å². The molecular weight excluding hydrogens is 527 g/mol. The van der Waals surface area contributed by atoms with Crippen LogP contribution >= 0.6 is 7.82 Å². The van der Waals surface area contributed by atoms with Crippen molar-refractivity contribution in [2.24, 2.45) is 0 Å². The van der Waals surface area contributed by atoms with E-state index in [4.69, 9.17) is 9.05 Å². The van der Waals surface area contributed by atoms with E-state index in [1.165, 1.54) is 141 Å². The van der Waals surface area contributed by atoms with Crippen LogP contribution in [0.2, 0.25) is 0 Å². The average Bonchev–Trinajstić information content (AvgIpc) is 2.96. The summed E-state index contributed by atoms with van der Waals surface area (Å²) in [5.41, 5.74) is 0. The van der Waals surface area contributed by atoms with E-state index in [0.29, 0.717) is 13.2 Å². The molecule has 4 nitrogen and oxygen atoms in total. The normalized spacial score (nSPS) is 13.5. The Bertz CT molecular complexity index is 556. The zero-order chi connectivity index (χ0) is 30.0. The van der Waals surface area contributed by atoms with Crippen LogP contribution in [0.1, 0.15) is 194 Å². The van der Waals surface area contributed by atoms with Crippen molar-refractivity contribution in [3.05, 3.63) is 24.3 Å². The fraction of sp³-hybridized carbons (Fsp3) is 0.889. The lowest BCUT2D eigenvalue weighted by atomic mass is 10.1. The van der Waals surface area contributed by atoms with Gasteiger partial charge in [-0.1, -0.05) is 154 Å². The lowest BCUT2D eigenvalue weighted by Crippen LogP contribution is -1.99. The molecule has 0 aliphatic carbocycles. The Kier molecular flexibility index (Phi) is 33.7. The maximum atomic E-state index is 12.0. The topological polar surface area (TPSA) is 55.8 Å². The summed E-state index contributed by atoms with van der Waals surface area (Å²) in [6, 6.07) is 0. The first-order chi connectivity index (χ1) is 20.1. The molecule has 0 fully saturated rings. The quantitative estimate of drug-likeness (QED) is 0.0455. The summed E-state index contributed by atoms with van der Waals surface area (Å²) in [4.78, 5) is 9.86. The molecule has 0 aliphatic heterocycles. The van der Waals surface area contributed by atoms with Gasteiger partial charge in [0.15, 0.2) is 0 Å². The zero-order valence-corrected chi connectivity index (χ0v) is 28.5. The summed E-state index contributed by atoms with van der Waals surface area (Å²) >= 11 is 0. The Morgan fingerprint density at radius 2 is 0.659 bits per heavy atom. The number of rotatable bonds is 34. The molecule has 0 aromatic carbocycles. The first-order valence-corrected chi connectivity index (χ1v) is 19.5. The zero-order valence-electron chi connectivity index (χ0n) is 27.6. The molecule has 0 amide bonds. The van der Waals surface area contributed by atoms with E-state index in [1.807, 2.05) is 0 Å². The largest absolute Gasteiger partial charge is 0.472 e. The van der Waals surface area contributed by atoms with Gasteiger partial charge in [0.2, 0.25) is 0 Å². The third-order valence-corrected chi connectivity index (χ3v) is 8.84. The van der Waals surface area contributed by atoms with Crippen LogP contribution in [0.25, 0.3) is 0 Å². The summed E-state index contributed by atoms with van der Waals surface area (Å²) in [6.07, 6.45) is 44.3. The van der Waals surface area contributed by atoms with Gasteiger partial charge in [0, 0.05) is 0 Å². The van der Waals surface area contributed by atoms with Gasteiger partial charge in [-0.3, -0.25) is 9.05 Å². The van der Waals surface area contributed by atoms with Crippen molar-refractivity contribution in [3.8, 4) is 0 Å². The third-order valence-electron chi connectivity index (χ3n) is 7.82. The highest BCUT2D eigenvalue weighted by atomic mass is 31.2. The summed E-state index contributed by atoms with van der Waals surface area (Å²) in [6.45, 7) is 5.15. The van der Waals surface area contributed by atoms with E-state index in [0.717, 1.165) is 38.5 Å². The molecule has 0 saturated carbocycles. The summed E-state index contributed by atoms with van der Waals surface area (Å²) in [5, 5.41) is 0. The minimum Gasteiger partial charge on any atom is -0.302 e. The standard InChI is InChI=1S/C36H71O4P/c1-3-5-7-9-11-13-15-17-19-21-23-25-27-29-31-33-35-39-41(37,38)40-36-34-32-30-28-26-24-22-20-18-16-14-12-10-8-6-4-2/h17-20H,3-16,21-36H2,1-2H3,(H,37,38)/b19-17+,20-18?. The summed E-state index contributed by atoms with van der Waals surface area (Å²) in [7, 11) is -3.89. The summed E-state index contributed by atoms with van der Waals surface area (Å²) in [5.74, 6) is 0. The van der Waals surface area contributed by atoms with E-state index in [-0.39, 0.29) is 0 Å². The first kappa shape index (κ1) is 40.6. The number of hydrogen-bond donors (Lipinski definition) is 1. The monoisotopic (exact) mass is 599 g/mol. The highest BCUT2D eigenvalue weighted by molar-refractivity contribution is 7.47. The van der Waals surface area contributed by atoms with Crippen LogP contribution in [0.5, 0.6) is 0 Å². The van der Waals surface area contributed by atoms with Crippen LogP contribution in [-0.4, -0.2) is 18.1 Å². The van der Waals surface area contributed by atoms with Crippen LogP contribution in [0, 0.1) is 0 Å². The maximum absolute atomic E-state index is 12.0. The highest BCUT2D eigenvalue weighted by Crippen LogP contribution is 2.43. The molecule has 0 heterocycles. The Hall–Kier alpha value is -0.410. The van der Waals surface area contributed by atoms with Gasteiger partial charge in [-0.05, 0) is 64.2 Å². The molecule has 0 radical (unpaired) electrons. The number of unbranched alkanes of at least 4 members (excludes halogenated alkanes) is 24. The van der Waals surface area contributed by atoms with Gasteiger partial charge in [-0.15, -0.1) is 0 Å². The number of allylic oxidation sites excluding steroid dienone is 4. The SMILES string of the molecule is CCCCCCCCC=CCCCCCCCCOP(=O)(O)OCCCCCCCC/C=C/CCCCCCCC. The van der Waals surface area contributed by atoms with Crippen LogP contribution < -0.4 is 0 Å². The highest BCUT2D eigenvalue weighted by Gasteiger charge is 2.19. The lowest BCUT2D eigenvalue weighted by molar-refractivity contribution is 0.145. The van der Waals surface area contributed by atoms with E-state index in [1.54, 1.807) is 0 Å². The van der Waals surface area contributed by atoms with Crippen LogP contribution in [0.3, 0.4) is 0 Å². The van der Waals surface area contributed by atoms with Crippen molar-refractivity contribution in [3.63, 3.8) is 0 Å². The van der Waals surface area contributed by atoms with E-state index in [9.17, 15) is 9.46 Å². The fourth-order valence-electron chi connectivity index (χ4n) is 5.10. The number of phosphoric acid groups is 1. The molecule has 1 N–H and O–H groups in total. The molecule has 0 bridgehead atoms. The molecule has 0 aromatic heterocycles. The Balaban J connectivity index is 3.35. The van der Waals surface area contributed by atoms with E-state index >= 15 is 0 Å². The predicted octanol–water partition coefficient (Wildman–Crippen LogP) is 13.2. The molecule has 0 aromatic rings. The van der Waals surface area contributed by atoms with Gasteiger partial charge in [0.05, 0.1) is 13.2 Å². The minimum atomic E-state index is -3.89. The maximum Gasteiger partial charge on any atom is 0.472 e. The lowest BCUT2D eigenvalue weighted by Gasteiger charge is -2.12. The average molecular weight is 599 g/mol. The van der Waals surface area contributed by atoms with Gasteiger partial charge in [0.1, 0.15) is 0 Å². The molecule has 0 aliphatic rings. The Morgan fingerprint density at radius 1 is 0.415 bits per heavy atom. The van der Waals surface area contributed by atoms with Gasteiger partial charge in [0.25, 0.3) is 0 Å². The molecule has 1 atom stereocenters. The van der Waals surface area contributed by atoms with Crippen molar-refractivity contribution in [1.29, 1.82) is 0 Å². The molecule has 1 unspecified atom stereocenters. The second-order valence-corrected chi connectivity index (χ2v) is 13.5. The third kappa shape index (κ3) is 35.7. The van der Waals surface area contributed by atoms with Crippen molar-refractivity contribution >= 4 is 7.82 Å². The van der Waals surface area contributed by atoms with Crippen LogP contribution in [-0.2, 0) is 13.6 Å². The molecule has 0 rings (SSSR count). The van der Waals surface area contributed by atoms with Crippen LogP contribution in [0.4, 0.5) is 0 Å². The second kappa shape index (κ2) is 34.1. The van der Waals surface area contributed by atoms with E-state index in [2.05, 4.69) is 38.2 Å². The van der Waals surface area contributed by atoms with Gasteiger partial charge in [-0.2, -0.15) is 0 Å². The Morgan fingerprint density at radius 3 is 0.951 bits per heavy atom. The molecule has 41 heavy (non-hydrogen) atoms. The van der Waals surface area contributed by atoms with Crippen LogP contribution in [0.15, 0.2) is 24.3 Å². The van der Waals surface area contributed by atoms with Gasteiger partial charge < -0.3 is 4.89 Å². The molecule has 0 saturated heterocycles. The van der Waals surface area contributed by atoms with Gasteiger partial charge >= 0.3 is 7.82 Å². The van der Waals surface area contributed by atoms with Crippen molar-refractivity contribution in [2.45, 2.75) is 194 Å². The number of phosphoric ester groups is 1. The predicted molar refractivity (Wildman–Crippen MR) is 181 cm³/mol. The fourth-order valence-corrected chi connectivity index (χ4v) is 5.89.